The molecule has 0 spiro atoms. The fraction of sp³-hybridized carbons (Fsp3) is 0.125. The maximum absolute atomic E-state index is 12.7. The predicted octanol–water partition coefficient (Wildman–Crippen LogP) is 1.16. The number of halogens is 1. The summed E-state index contributed by atoms with van der Waals surface area (Å²) in [5.41, 5.74) is 5.97. The lowest BCUT2D eigenvalue weighted by Gasteiger charge is -2.04. The third kappa shape index (κ3) is 2.62. The van der Waals surface area contributed by atoms with E-state index < -0.39 is 11.8 Å². The number of benzene rings is 1. The van der Waals surface area contributed by atoms with Crippen LogP contribution < -0.4 is 16.4 Å². The highest BCUT2D eigenvalue weighted by molar-refractivity contribution is 5.89. The summed E-state index contributed by atoms with van der Waals surface area (Å²) in [4.78, 5) is 10.8. The van der Waals surface area contributed by atoms with Crippen LogP contribution in [0.2, 0.25) is 0 Å². The first-order valence-corrected chi connectivity index (χ1v) is 3.66. The molecule has 0 bridgehead atoms. The Morgan fingerprint density at radius 2 is 2.15 bits per heavy atom. The molecule has 0 saturated carbocycles. The number of nitrogens with one attached hydrogen (secondary N) is 2. The van der Waals surface area contributed by atoms with Crippen molar-refractivity contribution in [3.05, 3.63) is 24.0 Å². The standard InChI is InChI=1S/C8H10FN3O/c1-11-8(13)12-7-3-5(9)2-6(10)4-7/h2-4H,10H2,1H3,(H2,11,12,13). The van der Waals surface area contributed by atoms with Gasteiger partial charge < -0.3 is 16.4 Å². The molecular formula is C8H10FN3O. The number of anilines is 2. The summed E-state index contributed by atoms with van der Waals surface area (Å²) in [6.45, 7) is 0. The molecule has 0 aliphatic carbocycles. The Bertz CT molecular complexity index is 307. The molecule has 4 nitrogen and oxygen atoms in total. The number of nitrogens with two attached hydrogens (primary N) is 1. The Hall–Kier alpha value is -1.78. The van der Waals surface area contributed by atoms with Crippen LogP contribution in [0.4, 0.5) is 20.6 Å². The van der Waals surface area contributed by atoms with Crippen molar-refractivity contribution in [2.45, 2.75) is 0 Å². The zero-order valence-electron chi connectivity index (χ0n) is 7.10. The van der Waals surface area contributed by atoms with Crippen molar-refractivity contribution in [3.8, 4) is 0 Å². The molecule has 1 aromatic carbocycles. The quantitative estimate of drug-likeness (QED) is 0.572. The number of nitrogen functional groups attached to an aromatic ring is 1. The largest absolute Gasteiger partial charge is 0.399 e. The molecule has 0 radical (unpaired) electrons. The van der Waals surface area contributed by atoms with Gasteiger partial charge in [-0.2, -0.15) is 0 Å². The van der Waals surface area contributed by atoms with Crippen LogP contribution in [-0.2, 0) is 0 Å². The number of hydrogen-bond donors (Lipinski definition) is 3. The number of carbonyl (C=O) groups is 1. The van der Waals surface area contributed by atoms with Crippen LogP contribution in [0, 0.1) is 5.82 Å². The van der Waals surface area contributed by atoms with Crippen LogP contribution in [0.5, 0.6) is 0 Å². The highest BCUT2D eigenvalue weighted by Gasteiger charge is 2.01. The number of amides is 2. The first-order valence-electron chi connectivity index (χ1n) is 3.66. The summed E-state index contributed by atoms with van der Waals surface area (Å²) in [5, 5.41) is 4.74. The van der Waals surface area contributed by atoms with E-state index in [1.165, 1.54) is 25.2 Å². The molecule has 0 aliphatic heterocycles. The minimum absolute atomic E-state index is 0.270. The summed E-state index contributed by atoms with van der Waals surface area (Å²) in [5.74, 6) is -0.480. The van der Waals surface area contributed by atoms with Gasteiger partial charge in [-0.15, -0.1) is 0 Å². The van der Waals surface area contributed by atoms with E-state index in [1.807, 2.05) is 0 Å². The lowest BCUT2D eigenvalue weighted by molar-refractivity contribution is 0.254. The Labute approximate surface area is 74.9 Å². The normalized spacial score (nSPS) is 9.38. The van der Waals surface area contributed by atoms with Crippen molar-refractivity contribution in [2.24, 2.45) is 0 Å². The number of rotatable bonds is 1. The van der Waals surface area contributed by atoms with Crippen molar-refractivity contribution < 1.29 is 9.18 Å². The van der Waals surface area contributed by atoms with E-state index in [0.717, 1.165) is 0 Å². The fourth-order valence-electron chi connectivity index (χ4n) is 0.878. The number of hydrogen-bond acceptors (Lipinski definition) is 2. The smallest absolute Gasteiger partial charge is 0.318 e. The molecule has 0 unspecified atom stereocenters. The van der Waals surface area contributed by atoms with Crippen LogP contribution in [0.3, 0.4) is 0 Å². The van der Waals surface area contributed by atoms with Crippen LogP contribution in [0.25, 0.3) is 0 Å². The lowest BCUT2D eigenvalue weighted by Crippen LogP contribution is -2.24. The summed E-state index contributed by atoms with van der Waals surface area (Å²) >= 11 is 0. The first-order chi connectivity index (χ1) is 6.11. The second kappa shape index (κ2) is 3.75. The zero-order chi connectivity index (χ0) is 9.84. The van der Waals surface area contributed by atoms with Crippen molar-refractivity contribution >= 4 is 17.4 Å². The third-order valence-electron chi connectivity index (χ3n) is 1.41. The van der Waals surface area contributed by atoms with Gasteiger partial charge in [-0.25, -0.2) is 9.18 Å². The van der Waals surface area contributed by atoms with Gasteiger partial charge in [-0.1, -0.05) is 0 Å². The SMILES string of the molecule is CNC(=O)Nc1cc(N)cc(F)c1. The molecule has 0 fully saturated rings. The van der Waals surface area contributed by atoms with Gasteiger partial charge >= 0.3 is 6.03 Å². The molecule has 0 aromatic heterocycles. The van der Waals surface area contributed by atoms with E-state index in [1.54, 1.807) is 0 Å². The summed E-state index contributed by atoms with van der Waals surface area (Å²) in [6.07, 6.45) is 0. The molecule has 13 heavy (non-hydrogen) atoms. The summed E-state index contributed by atoms with van der Waals surface area (Å²) in [7, 11) is 1.47. The van der Waals surface area contributed by atoms with E-state index in [-0.39, 0.29) is 5.69 Å². The Balaban J connectivity index is 2.83. The molecule has 0 atom stereocenters. The molecule has 1 aromatic rings. The Kier molecular flexibility index (Phi) is 2.69. The van der Waals surface area contributed by atoms with Gasteiger partial charge in [0.05, 0.1) is 0 Å². The third-order valence-corrected chi connectivity index (χ3v) is 1.41. The molecule has 4 N–H and O–H groups in total. The maximum Gasteiger partial charge on any atom is 0.318 e. The lowest BCUT2D eigenvalue weighted by atomic mass is 10.3. The molecule has 5 heteroatoms. The van der Waals surface area contributed by atoms with Gasteiger partial charge in [0.2, 0.25) is 0 Å². The van der Waals surface area contributed by atoms with E-state index in [4.69, 9.17) is 5.73 Å². The number of carbonyl (C=O) groups excluding carboxylic acids is 1. The van der Waals surface area contributed by atoms with Gasteiger partial charge in [0, 0.05) is 18.4 Å². The summed E-state index contributed by atoms with van der Waals surface area (Å²) in [6, 6.07) is 3.42. The molecule has 0 heterocycles. The monoisotopic (exact) mass is 183 g/mol. The zero-order valence-corrected chi connectivity index (χ0v) is 7.10. The van der Waals surface area contributed by atoms with Gasteiger partial charge in [0.15, 0.2) is 0 Å². The minimum atomic E-state index is -0.480. The molecule has 2 amide bonds. The topological polar surface area (TPSA) is 67.2 Å². The molecule has 0 aliphatic rings. The highest BCUT2D eigenvalue weighted by Crippen LogP contribution is 2.14. The Morgan fingerprint density at radius 3 is 2.69 bits per heavy atom. The van der Waals surface area contributed by atoms with Gasteiger partial charge in [0.25, 0.3) is 0 Å². The van der Waals surface area contributed by atoms with Gasteiger partial charge in [-0.05, 0) is 18.2 Å². The van der Waals surface area contributed by atoms with E-state index in [0.29, 0.717) is 5.69 Å². The van der Waals surface area contributed by atoms with Crippen molar-refractivity contribution in [1.29, 1.82) is 0 Å². The Morgan fingerprint density at radius 1 is 1.46 bits per heavy atom. The molecule has 70 valence electrons. The second-order valence-corrected chi connectivity index (χ2v) is 2.48. The van der Waals surface area contributed by atoms with E-state index in [9.17, 15) is 9.18 Å². The molecule has 1 rings (SSSR count). The average Bonchev–Trinajstić information content (AvgIpc) is 2.02. The highest BCUT2D eigenvalue weighted by atomic mass is 19.1. The molecule has 0 saturated heterocycles. The number of urea groups is 1. The molecular weight excluding hydrogens is 173 g/mol. The van der Waals surface area contributed by atoms with Crippen LogP contribution in [0.1, 0.15) is 0 Å². The van der Waals surface area contributed by atoms with Crippen LogP contribution >= 0.6 is 0 Å². The van der Waals surface area contributed by atoms with Crippen LogP contribution in [0.15, 0.2) is 18.2 Å². The van der Waals surface area contributed by atoms with Crippen LogP contribution in [-0.4, -0.2) is 13.1 Å². The average molecular weight is 183 g/mol. The minimum Gasteiger partial charge on any atom is -0.399 e. The van der Waals surface area contributed by atoms with Crippen molar-refractivity contribution in [1.82, 2.24) is 5.32 Å². The second-order valence-electron chi connectivity index (χ2n) is 2.48. The fourth-order valence-corrected chi connectivity index (χ4v) is 0.878. The van der Waals surface area contributed by atoms with Crippen molar-refractivity contribution in [3.63, 3.8) is 0 Å². The first kappa shape index (κ1) is 9.31. The van der Waals surface area contributed by atoms with E-state index >= 15 is 0 Å². The predicted molar refractivity (Wildman–Crippen MR) is 48.9 cm³/mol. The maximum atomic E-state index is 12.7. The summed E-state index contributed by atoms with van der Waals surface area (Å²) < 4.78 is 12.7. The van der Waals surface area contributed by atoms with Gasteiger partial charge in [0.1, 0.15) is 5.82 Å². The van der Waals surface area contributed by atoms with E-state index in [2.05, 4.69) is 10.6 Å². The van der Waals surface area contributed by atoms with Crippen molar-refractivity contribution in [2.75, 3.05) is 18.1 Å². The van der Waals surface area contributed by atoms with Gasteiger partial charge in [-0.3, -0.25) is 0 Å².